The molecule has 1 amide bonds. The minimum absolute atomic E-state index is 0.0471. The quantitative estimate of drug-likeness (QED) is 0.551. The van der Waals surface area contributed by atoms with E-state index in [4.69, 9.17) is 10.5 Å². The number of hydrogen-bond donors (Lipinski definition) is 3. The van der Waals surface area contributed by atoms with E-state index in [1.165, 1.54) is 23.3 Å². The minimum atomic E-state index is -1.05. The van der Waals surface area contributed by atoms with Crippen molar-refractivity contribution < 1.29 is 14.6 Å². The summed E-state index contributed by atoms with van der Waals surface area (Å²) in [5.41, 5.74) is 8.22. The van der Waals surface area contributed by atoms with Gasteiger partial charge in [0, 0.05) is 12.1 Å². The molecule has 2 aliphatic rings. The maximum absolute atomic E-state index is 12.3. The van der Waals surface area contributed by atoms with Crippen molar-refractivity contribution in [3.05, 3.63) is 35.4 Å². The summed E-state index contributed by atoms with van der Waals surface area (Å²) in [5.74, 6) is 0.183. The summed E-state index contributed by atoms with van der Waals surface area (Å²) in [7, 11) is 0. The smallest absolute Gasteiger partial charge is 0.320 e. The second kappa shape index (κ2) is 9.49. The van der Waals surface area contributed by atoms with E-state index in [0.717, 1.165) is 32.5 Å². The molecule has 4 N–H and O–H groups in total. The van der Waals surface area contributed by atoms with Crippen molar-refractivity contribution in [2.24, 2.45) is 0 Å². The molecule has 0 radical (unpaired) electrons. The Bertz CT molecular complexity index is 914. The number of unbranched alkanes of at least 4 members (excludes halogenated alkanes) is 1. The number of hydrogen-bond acceptors (Lipinski definition) is 8. The Balaban J connectivity index is 1.55. The molecular weight excluding hydrogens is 396 g/mol. The highest BCUT2D eigenvalue weighted by molar-refractivity contribution is 6.03. The van der Waals surface area contributed by atoms with Crippen LogP contribution in [0.25, 0.3) is 0 Å². The van der Waals surface area contributed by atoms with Gasteiger partial charge in [0.25, 0.3) is 0 Å². The monoisotopic (exact) mass is 426 g/mol. The highest BCUT2D eigenvalue weighted by atomic mass is 16.5. The Labute approximate surface area is 182 Å². The number of carbonyl (C=O) groups is 1. The minimum Gasteiger partial charge on any atom is -0.463 e. The van der Waals surface area contributed by atoms with E-state index in [1.807, 2.05) is 24.3 Å². The third-order valence-electron chi connectivity index (χ3n) is 5.65. The molecule has 0 saturated carbocycles. The van der Waals surface area contributed by atoms with E-state index in [0.29, 0.717) is 23.7 Å². The normalized spacial score (nSPS) is 17.4. The second-order valence-electron chi connectivity index (χ2n) is 8.07. The van der Waals surface area contributed by atoms with Crippen LogP contribution in [-0.4, -0.2) is 52.1 Å². The number of likely N-dealkylation sites (tertiary alicyclic amines) is 1. The van der Waals surface area contributed by atoms with Crippen molar-refractivity contribution in [1.29, 1.82) is 0 Å². The van der Waals surface area contributed by atoms with E-state index in [9.17, 15) is 9.90 Å². The van der Waals surface area contributed by atoms with Crippen molar-refractivity contribution in [2.45, 2.75) is 45.4 Å². The molecule has 1 saturated heterocycles. The van der Waals surface area contributed by atoms with Crippen molar-refractivity contribution in [1.82, 2.24) is 14.9 Å². The van der Waals surface area contributed by atoms with Gasteiger partial charge in [-0.05, 0) is 37.9 Å². The van der Waals surface area contributed by atoms with Gasteiger partial charge >= 0.3 is 6.01 Å². The van der Waals surface area contributed by atoms with Crippen LogP contribution in [0.1, 0.15) is 50.0 Å². The maximum atomic E-state index is 12.3. The first kappa shape index (κ1) is 21.3. The van der Waals surface area contributed by atoms with E-state index < -0.39 is 6.23 Å². The molecule has 1 unspecified atom stereocenters. The SMILES string of the molecule is CCCCOc1nc(N)c2c(n1)N(C(O)c1ccc(CN3CCCC3)cc1)CC(=O)N2. The fourth-order valence-corrected chi connectivity index (χ4v) is 3.93. The van der Waals surface area contributed by atoms with E-state index in [1.54, 1.807) is 0 Å². The lowest BCUT2D eigenvalue weighted by atomic mass is 10.1. The number of aliphatic hydroxyl groups excluding tert-OH is 1. The third kappa shape index (κ3) is 4.88. The van der Waals surface area contributed by atoms with Crippen molar-refractivity contribution >= 4 is 23.2 Å². The molecule has 3 heterocycles. The van der Waals surface area contributed by atoms with Crippen molar-refractivity contribution in [3.8, 4) is 6.01 Å². The number of nitrogen functional groups attached to an aromatic ring is 1. The summed E-state index contributed by atoms with van der Waals surface area (Å²) in [6.07, 6.45) is 3.30. The Kier molecular flexibility index (Phi) is 6.53. The fraction of sp³-hybridized carbons (Fsp3) is 0.500. The molecule has 0 bridgehead atoms. The average Bonchev–Trinajstić information content (AvgIpc) is 3.27. The van der Waals surface area contributed by atoms with Crippen molar-refractivity contribution in [3.63, 3.8) is 0 Å². The summed E-state index contributed by atoms with van der Waals surface area (Å²) in [6.45, 7) is 5.67. The number of rotatable bonds is 8. The van der Waals surface area contributed by atoms with Crippen LogP contribution in [-0.2, 0) is 11.3 Å². The highest BCUT2D eigenvalue weighted by Gasteiger charge is 2.32. The van der Waals surface area contributed by atoms with E-state index >= 15 is 0 Å². The summed E-state index contributed by atoms with van der Waals surface area (Å²) in [5, 5.41) is 13.8. The van der Waals surface area contributed by atoms with Crippen LogP contribution in [0.2, 0.25) is 0 Å². The first-order chi connectivity index (χ1) is 15.0. The Morgan fingerprint density at radius 3 is 2.68 bits per heavy atom. The predicted octanol–water partition coefficient (Wildman–Crippen LogP) is 2.28. The lowest BCUT2D eigenvalue weighted by Gasteiger charge is -2.34. The Morgan fingerprint density at radius 2 is 1.97 bits per heavy atom. The maximum Gasteiger partial charge on any atom is 0.320 e. The Hall–Kier alpha value is -2.91. The molecule has 31 heavy (non-hydrogen) atoms. The number of benzene rings is 1. The number of nitrogens with two attached hydrogens (primary N) is 1. The summed E-state index contributed by atoms with van der Waals surface area (Å²) in [6, 6.07) is 7.97. The third-order valence-corrected chi connectivity index (χ3v) is 5.65. The van der Waals surface area contributed by atoms with Crippen LogP contribution < -0.4 is 20.7 Å². The van der Waals surface area contributed by atoms with Gasteiger partial charge in [-0.1, -0.05) is 37.6 Å². The van der Waals surface area contributed by atoms with Crippen LogP contribution in [0.15, 0.2) is 24.3 Å². The van der Waals surface area contributed by atoms with Gasteiger partial charge in [-0.2, -0.15) is 9.97 Å². The molecule has 9 nitrogen and oxygen atoms in total. The molecule has 9 heteroatoms. The number of aliphatic hydroxyl groups is 1. The average molecular weight is 427 g/mol. The molecule has 0 aliphatic carbocycles. The topological polar surface area (TPSA) is 117 Å². The molecule has 0 spiro atoms. The van der Waals surface area contributed by atoms with Gasteiger partial charge in [-0.3, -0.25) is 9.69 Å². The second-order valence-corrected chi connectivity index (χ2v) is 8.07. The number of fused-ring (bicyclic) bond motifs is 1. The van der Waals surface area contributed by atoms with Crippen LogP contribution in [0.5, 0.6) is 6.01 Å². The number of carbonyl (C=O) groups excluding carboxylic acids is 1. The lowest BCUT2D eigenvalue weighted by molar-refractivity contribution is -0.115. The lowest BCUT2D eigenvalue weighted by Crippen LogP contribution is -2.41. The number of anilines is 3. The standard InChI is InChI=1S/C22H30N6O3/c1-2-3-12-31-22-25-19(23)18-20(26-22)28(14-17(29)24-18)21(30)16-8-6-15(7-9-16)13-27-10-4-5-11-27/h6-9,21,30H,2-5,10-14H2,1H3,(H,24,29)(H2,23,25,26). The first-order valence-corrected chi connectivity index (χ1v) is 10.9. The predicted molar refractivity (Wildman–Crippen MR) is 119 cm³/mol. The molecule has 2 aliphatic heterocycles. The highest BCUT2D eigenvalue weighted by Crippen LogP contribution is 2.37. The Morgan fingerprint density at radius 1 is 1.23 bits per heavy atom. The summed E-state index contributed by atoms with van der Waals surface area (Å²) in [4.78, 5) is 24.8. The number of nitrogens with one attached hydrogen (secondary N) is 1. The molecular formula is C22H30N6O3. The van der Waals surface area contributed by atoms with Gasteiger partial charge in [-0.15, -0.1) is 0 Å². The molecule has 1 aromatic carbocycles. The van der Waals surface area contributed by atoms with Crippen LogP contribution in [0.4, 0.5) is 17.3 Å². The number of nitrogens with zero attached hydrogens (tertiary/aromatic N) is 4. The van der Waals surface area contributed by atoms with Gasteiger partial charge in [0.2, 0.25) is 5.91 Å². The molecule has 166 valence electrons. The van der Waals surface area contributed by atoms with Gasteiger partial charge in [0.05, 0.1) is 6.61 Å². The van der Waals surface area contributed by atoms with E-state index in [-0.39, 0.29) is 24.3 Å². The zero-order valence-corrected chi connectivity index (χ0v) is 17.9. The van der Waals surface area contributed by atoms with Gasteiger partial charge in [0.15, 0.2) is 17.9 Å². The molecule has 1 aromatic heterocycles. The van der Waals surface area contributed by atoms with Crippen LogP contribution in [0.3, 0.4) is 0 Å². The number of amides is 1. The molecule has 2 aromatic rings. The van der Waals surface area contributed by atoms with Crippen LogP contribution >= 0.6 is 0 Å². The fourth-order valence-electron chi connectivity index (χ4n) is 3.93. The largest absolute Gasteiger partial charge is 0.463 e. The number of aromatic nitrogens is 2. The van der Waals surface area contributed by atoms with E-state index in [2.05, 4.69) is 27.1 Å². The zero-order chi connectivity index (χ0) is 21.8. The van der Waals surface area contributed by atoms with Gasteiger partial charge < -0.3 is 25.8 Å². The van der Waals surface area contributed by atoms with Gasteiger partial charge in [0.1, 0.15) is 12.2 Å². The molecule has 1 fully saturated rings. The molecule has 1 atom stereocenters. The first-order valence-electron chi connectivity index (χ1n) is 10.9. The van der Waals surface area contributed by atoms with Gasteiger partial charge in [-0.25, -0.2) is 0 Å². The van der Waals surface area contributed by atoms with Crippen molar-refractivity contribution in [2.75, 3.05) is 42.2 Å². The number of ether oxygens (including phenoxy) is 1. The molecule has 4 rings (SSSR count). The van der Waals surface area contributed by atoms with Crippen LogP contribution in [0, 0.1) is 0 Å². The summed E-state index contributed by atoms with van der Waals surface area (Å²) < 4.78 is 5.61. The summed E-state index contributed by atoms with van der Waals surface area (Å²) >= 11 is 0. The zero-order valence-electron chi connectivity index (χ0n) is 17.9.